The van der Waals surface area contributed by atoms with Crippen molar-refractivity contribution in [2.45, 2.75) is 5.33 Å². The molecule has 0 atom stereocenters. The van der Waals surface area contributed by atoms with Crippen molar-refractivity contribution in [2.24, 2.45) is 0 Å². The van der Waals surface area contributed by atoms with Crippen molar-refractivity contribution >= 4 is 50.7 Å². The van der Waals surface area contributed by atoms with Crippen molar-refractivity contribution in [2.75, 3.05) is 0 Å². The normalized spacial score (nSPS) is 10.4. The van der Waals surface area contributed by atoms with E-state index in [4.69, 9.17) is 39.5 Å². The van der Waals surface area contributed by atoms with Gasteiger partial charge in [0.05, 0.1) is 5.02 Å². The van der Waals surface area contributed by atoms with Crippen LogP contribution in [-0.4, -0.2) is 0 Å². The van der Waals surface area contributed by atoms with Crippen molar-refractivity contribution in [3.8, 4) is 11.5 Å². The summed E-state index contributed by atoms with van der Waals surface area (Å²) in [7, 11) is 0. The summed E-state index contributed by atoms with van der Waals surface area (Å²) in [6, 6.07) is 10.6. The third-order valence-electron chi connectivity index (χ3n) is 2.21. The fourth-order valence-electron chi connectivity index (χ4n) is 1.42. The Bertz CT molecular complexity index is 552. The lowest BCUT2D eigenvalue weighted by Gasteiger charge is -2.09. The van der Waals surface area contributed by atoms with Gasteiger partial charge in [-0.25, -0.2) is 0 Å². The second-order valence-electron chi connectivity index (χ2n) is 3.61. The first-order valence-corrected chi connectivity index (χ1v) is 7.32. The van der Waals surface area contributed by atoms with Gasteiger partial charge in [-0.1, -0.05) is 56.8 Å². The van der Waals surface area contributed by atoms with Crippen LogP contribution >= 0.6 is 50.7 Å². The van der Waals surface area contributed by atoms with E-state index in [2.05, 4.69) is 15.9 Å². The second kappa shape index (κ2) is 6.16. The molecule has 0 bridgehead atoms. The van der Waals surface area contributed by atoms with Crippen LogP contribution < -0.4 is 4.74 Å². The van der Waals surface area contributed by atoms with Gasteiger partial charge in [0.1, 0.15) is 11.5 Å². The van der Waals surface area contributed by atoms with E-state index in [9.17, 15) is 0 Å². The van der Waals surface area contributed by atoms with Gasteiger partial charge in [0.25, 0.3) is 0 Å². The second-order valence-corrected chi connectivity index (χ2v) is 5.45. The van der Waals surface area contributed by atoms with E-state index in [1.54, 1.807) is 18.2 Å². The highest BCUT2D eigenvalue weighted by Gasteiger charge is 2.06. The SMILES string of the molecule is Clc1cc(Cl)cc(Oc2ccc(CBr)cc2Cl)c1. The Morgan fingerprint density at radius 3 is 2.17 bits per heavy atom. The van der Waals surface area contributed by atoms with E-state index in [1.165, 1.54) is 0 Å². The molecule has 0 aliphatic heterocycles. The highest BCUT2D eigenvalue weighted by molar-refractivity contribution is 9.08. The fourth-order valence-corrected chi connectivity index (χ4v) is 2.52. The number of halogens is 4. The van der Waals surface area contributed by atoms with Crippen molar-refractivity contribution in [1.82, 2.24) is 0 Å². The third-order valence-corrected chi connectivity index (χ3v) is 3.59. The van der Waals surface area contributed by atoms with Crippen molar-refractivity contribution in [1.29, 1.82) is 0 Å². The Morgan fingerprint density at radius 1 is 0.944 bits per heavy atom. The summed E-state index contributed by atoms with van der Waals surface area (Å²) in [5.41, 5.74) is 1.08. The van der Waals surface area contributed by atoms with E-state index in [1.807, 2.05) is 18.2 Å². The molecule has 2 aromatic rings. The molecule has 1 nitrogen and oxygen atoms in total. The Labute approximate surface area is 129 Å². The molecule has 94 valence electrons. The van der Waals surface area contributed by atoms with Crippen LogP contribution in [0.4, 0.5) is 0 Å². The number of alkyl halides is 1. The summed E-state index contributed by atoms with van der Waals surface area (Å²) >= 11 is 21.3. The highest BCUT2D eigenvalue weighted by Crippen LogP contribution is 2.33. The van der Waals surface area contributed by atoms with Crippen LogP contribution in [0.2, 0.25) is 15.1 Å². The maximum absolute atomic E-state index is 6.13. The first kappa shape index (κ1) is 14.0. The molecule has 0 spiro atoms. The summed E-state index contributed by atoms with van der Waals surface area (Å²) in [4.78, 5) is 0. The van der Waals surface area contributed by atoms with Crippen molar-refractivity contribution in [3.05, 3.63) is 57.0 Å². The van der Waals surface area contributed by atoms with Crippen LogP contribution in [-0.2, 0) is 5.33 Å². The molecule has 0 aliphatic rings. The molecule has 18 heavy (non-hydrogen) atoms. The van der Waals surface area contributed by atoms with Crippen LogP contribution in [0.5, 0.6) is 11.5 Å². The van der Waals surface area contributed by atoms with Crippen LogP contribution in [0, 0.1) is 0 Å². The summed E-state index contributed by atoms with van der Waals surface area (Å²) in [6.45, 7) is 0. The van der Waals surface area contributed by atoms with Gasteiger partial charge in [-0.15, -0.1) is 0 Å². The monoisotopic (exact) mass is 364 g/mol. The zero-order valence-corrected chi connectivity index (χ0v) is 12.9. The molecular weight excluding hydrogens is 358 g/mol. The van der Waals surface area contributed by atoms with E-state index < -0.39 is 0 Å². The van der Waals surface area contributed by atoms with Gasteiger partial charge in [0.15, 0.2) is 0 Å². The molecule has 0 heterocycles. The topological polar surface area (TPSA) is 9.23 Å². The lowest BCUT2D eigenvalue weighted by Crippen LogP contribution is -1.87. The Morgan fingerprint density at radius 2 is 1.61 bits per heavy atom. The van der Waals surface area contributed by atoms with Crippen LogP contribution in [0.25, 0.3) is 0 Å². The molecule has 0 amide bonds. The summed E-state index contributed by atoms with van der Waals surface area (Å²) in [6.07, 6.45) is 0. The van der Waals surface area contributed by atoms with Crippen molar-refractivity contribution in [3.63, 3.8) is 0 Å². The Hall–Kier alpha value is -0.410. The standard InChI is InChI=1S/C13H8BrCl3O/c14-7-8-1-2-13(12(17)3-8)18-11-5-9(15)4-10(16)6-11/h1-6H,7H2. The minimum Gasteiger partial charge on any atom is -0.456 e. The number of hydrogen-bond acceptors (Lipinski definition) is 1. The van der Waals surface area contributed by atoms with E-state index in [0.717, 1.165) is 10.9 Å². The van der Waals surface area contributed by atoms with Gasteiger partial charge in [-0.3, -0.25) is 0 Å². The lowest BCUT2D eigenvalue weighted by molar-refractivity contribution is 0.483. The van der Waals surface area contributed by atoms with E-state index in [0.29, 0.717) is 26.6 Å². The number of ether oxygens (including phenoxy) is 1. The molecule has 0 aliphatic carbocycles. The molecule has 0 unspecified atom stereocenters. The molecule has 2 rings (SSSR count). The zero-order chi connectivity index (χ0) is 13.1. The molecular formula is C13H8BrCl3O. The predicted octanol–water partition coefficient (Wildman–Crippen LogP) is 6.33. The van der Waals surface area contributed by atoms with Gasteiger partial charge >= 0.3 is 0 Å². The molecule has 5 heteroatoms. The Kier molecular flexibility index (Phi) is 4.79. The maximum atomic E-state index is 6.13. The number of hydrogen-bond donors (Lipinski definition) is 0. The highest BCUT2D eigenvalue weighted by atomic mass is 79.9. The van der Waals surface area contributed by atoms with Crippen LogP contribution in [0.1, 0.15) is 5.56 Å². The van der Waals surface area contributed by atoms with Crippen LogP contribution in [0.3, 0.4) is 0 Å². The minimum absolute atomic E-state index is 0.519. The average Bonchev–Trinajstić information content (AvgIpc) is 2.30. The van der Waals surface area contributed by atoms with E-state index >= 15 is 0 Å². The molecule has 0 aromatic heterocycles. The molecule has 2 aromatic carbocycles. The fraction of sp³-hybridized carbons (Fsp3) is 0.0769. The van der Waals surface area contributed by atoms with E-state index in [-0.39, 0.29) is 0 Å². The number of benzene rings is 2. The first-order chi connectivity index (χ1) is 8.58. The van der Waals surface area contributed by atoms with Gasteiger partial charge < -0.3 is 4.74 Å². The van der Waals surface area contributed by atoms with Gasteiger partial charge in [-0.2, -0.15) is 0 Å². The minimum atomic E-state index is 0.519. The lowest BCUT2D eigenvalue weighted by atomic mass is 10.2. The van der Waals surface area contributed by atoms with Crippen LogP contribution in [0.15, 0.2) is 36.4 Å². The quantitative estimate of drug-likeness (QED) is 0.576. The number of rotatable bonds is 3. The van der Waals surface area contributed by atoms with Gasteiger partial charge in [0, 0.05) is 15.4 Å². The maximum Gasteiger partial charge on any atom is 0.146 e. The predicted molar refractivity (Wildman–Crippen MR) is 80.6 cm³/mol. The molecule has 0 fully saturated rings. The summed E-state index contributed by atoms with van der Waals surface area (Å²) in [5.74, 6) is 1.13. The molecule has 0 N–H and O–H groups in total. The first-order valence-electron chi connectivity index (χ1n) is 5.07. The average molecular weight is 366 g/mol. The summed E-state index contributed by atoms with van der Waals surface area (Å²) in [5, 5.41) is 2.33. The Balaban J connectivity index is 2.28. The smallest absolute Gasteiger partial charge is 0.146 e. The largest absolute Gasteiger partial charge is 0.456 e. The van der Waals surface area contributed by atoms with Gasteiger partial charge in [-0.05, 0) is 35.9 Å². The molecule has 0 radical (unpaired) electrons. The molecule has 0 saturated heterocycles. The molecule has 0 saturated carbocycles. The van der Waals surface area contributed by atoms with Gasteiger partial charge in [0.2, 0.25) is 0 Å². The zero-order valence-electron chi connectivity index (χ0n) is 9.09. The van der Waals surface area contributed by atoms with Crippen molar-refractivity contribution < 1.29 is 4.74 Å². The summed E-state index contributed by atoms with van der Waals surface area (Å²) < 4.78 is 5.65. The third kappa shape index (κ3) is 3.55.